The van der Waals surface area contributed by atoms with Gasteiger partial charge in [0.2, 0.25) is 0 Å². The van der Waals surface area contributed by atoms with Gasteiger partial charge in [-0.1, -0.05) is 20.8 Å². The summed E-state index contributed by atoms with van der Waals surface area (Å²) in [5, 5.41) is 16.9. The van der Waals surface area contributed by atoms with Gasteiger partial charge in [0.15, 0.2) is 0 Å². The maximum atomic E-state index is 13.0. The molecule has 0 aliphatic carbocycles. The van der Waals surface area contributed by atoms with Gasteiger partial charge in [0.25, 0.3) is 5.56 Å². The third-order valence-corrected chi connectivity index (χ3v) is 7.13. The Bertz CT molecular complexity index is 1140. The summed E-state index contributed by atoms with van der Waals surface area (Å²) in [6.45, 7) is 8.37. The summed E-state index contributed by atoms with van der Waals surface area (Å²) in [6, 6.07) is 1.89. The average Bonchev–Trinajstić information content (AvgIpc) is 3.26. The minimum atomic E-state index is -0.984. The largest absolute Gasteiger partial charge is 0.465 e. The number of amides is 1. The first-order chi connectivity index (χ1) is 13.6. The Hall–Kier alpha value is -2.68. The minimum absolute atomic E-state index is 0.234. The molecule has 29 heavy (non-hydrogen) atoms. The van der Waals surface area contributed by atoms with E-state index in [1.54, 1.807) is 6.20 Å². The molecule has 1 fully saturated rings. The molecule has 3 aromatic rings. The lowest BCUT2D eigenvalue weighted by molar-refractivity contribution is -0.0353. The Balaban J connectivity index is 1.95. The SMILES string of the molecule is Cc1[nH]ncc1-c1cc2nc([C@@]3(C(C)(C)C)CCCCN3C(=O)O)[nH]c(=O)c2s1. The number of H-pyrrole nitrogens is 2. The number of likely N-dealkylation sites (tertiary alicyclic amines) is 1. The van der Waals surface area contributed by atoms with Crippen LogP contribution in [0.25, 0.3) is 20.7 Å². The number of aromatic amines is 2. The van der Waals surface area contributed by atoms with Gasteiger partial charge in [0.1, 0.15) is 16.1 Å². The molecule has 0 radical (unpaired) electrons. The molecule has 4 heterocycles. The molecule has 3 aromatic heterocycles. The molecule has 1 aliphatic rings. The quantitative estimate of drug-likeness (QED) is 0.583. The maximum Gasteiger partial charge on any atom is 0.408 e. The van der Waals surface area contributed by atoms with Gasteiger partial charge in [0, 0.05) is 22.7 Å². The number of carboxylic acid groups (broad SMARTS) is 1. The smallest absolute Gasteiger partial charge is 0.408 e. The molecule has 1 amide bonds. The second-order valence-corrected chi connectivity index (χ2v) is 9.70. The number of piperidine rings is 1. The summed E-state index contributed by atoms with van der Waals surface area (Å²) in [7, 11) is 0. The number of nitrogens with zero attached hydrogens (tertiary/aromatic N) is 3. The second-order valence-electron chi connectivity index (χ2n) is 8.65. The van der Waals surface area contributed by atoms with E-state index in [9.17, 15) is 14.7 Å². The van der Waals surface area contributed by atoms with Crippen LogP contribution in [0, 0.1) is 12.3 Å². The van der Waals surface area contributed by atoms with E-state index in [2.05, 4.69) is 15.2 Å². The summed E-state index contributed by atoms with van der Waals surface area (Å²) in [6.07, 6.45) is 3.06. The van der Waals surface area contributed by atoms with Crippen molar-refractivity contribution < 1.29 is 9.90 Å². The third kappa shape index (κ3) is 2.95. The molecular formula is C20H25N5O3S. The molecule has 1 saturated heterocycles. The van der Waals surface area contributed by atoms with E-state index < -0.39 is 17.0 Å². The van der Waals surface area contributed by atoms with Gasteiger partial charge in [-0.2, -0.15) is 5.10 Å². The van der Waals surface area contributed by atoms with Crippen molar-refractivity contribution in [3.63, 3.8) is 0 Å². The van der Waals surface area contributed by atoms with Gasteiger partial charge >= 0.3 is 6.09 Å². The molecule has 1 atom stereocenters. The van der Waals surface area contributed by atoms with E-state index >= 15 is 0 Å². The molecule has 3 N–H and O–H groups in total. The molecule has 0 bridgehead atoms. The van der Waals surface area contributed by atoms with Crippen LogP contribution in [0.3, 0.4) is 0 Å². The van der Waals surface area contributed by atoms with E-state index in [1.165, 1.54) is 16.2 Å². The van der Waals surface area contributed by atoms with Crippen LogP contribution in [0.15, 0.2) is 17.1 Å². The van der Waals surface area contributed by atoms with Crippen LogP contribution in [0.5, 0.6) is 0 Å². The fraction of sp³-hybridized carbons (Fsp3) is 0.500. The summed E-state index contributed by atoms with van der Waals surface area (Å²) in [5.41, 5.74) is 0.867. The monoisotopic (exact) mass is 415 g/mol. The van der Waals surface area contributed by atoms with Crippen LogP contribution in [0.2, 0.25) is 0 Å². The van der Waals surface area contributed by atoms with E-state index in [4.69, 9.17) is 4.98 Å². The van der Waals surface area contributed by atoms with Crippen LogP contribution in [-0.2, 0) is 5.54 Å². The first-order valence-electron chi connectivity index (χ1n) is 9.70. The van der Waals surface area contributed by atoms with E-state index in [-0.39, 0.29) is 5.56 Å². The van der Waals surface area contributed by atoms with Gasteiger partial charge < -0.3 is 10.1 Å². The van der Waals surface area contributed by atoms with Crippen molar-refractivity contribution in [1.29, 1.82) is 0 Å². The van der Waals surface area contributed by atoms with Crippen molar-refractivity contribution in [3.05, 3.63) is 34.1 Å². The van der Waals surface area contributed by atoms with Crippen molar-refractivity contribution >= 4 is 27.6 Å². The highest BCUT2D eigenvalue weighted by molar-refractivity contribution is 7.22. The number of carbonyl (C=O) groups is 1. The van der Waals surface area contributed by atoms with Gasteiger partial charge in [-0.15, -0.1) is 11.3 Å². The highest BCUT2D eigenvalue weighted by Gasteiger charge is 2.53. The van der Waals surface area contributed by atoms with Crippen LogP contribution in [0.1, 0.15) is 51.6 Å². The van der Waals surface area contributed by atoms with E-state index in [0.717, 1.165) is 29.0 Å². The highest BCUT2D eigenvalue weighted by atomic mass is 32.1. The molecule has 0 spiro atoms. The first kappa shape index (κ1) is 19.6. The molecule has 4 rings (SSSR count). The van der Waals surface area contributed by atoms with Crippen molar-refractivity contribution in [2.45, 2.75) is 52.5 Å². The second kappa shape index (κ2) is 6.69. The number of aromatic nitrogens is 4. The normalized spacial score (nSPS) is 20.3. The summed E-state index contributed by atoms with van der Waals surface area (Å²) in [4.78, 5) is 35.2. The standard InChI is InChI=1S/C20H25N5O3S/c1-11-12(10-21-24-11)14-9-13-15(29-14)16(26)23-17(22-13)20(19(2,3)4)7-5-6-8-25(20)18(27)28/h9-10H,5-8H2,1-4H3,(H,21,24)(H,27,28)(H,22,23,26)/t20-/m1/s1. The number of fused-ring (bicyclic) bond motifs is 1. The summed E-state index contributed by atoms with van der Waals surface area (Å²) < 4.78 is 0.533. The van der Waals surface area contributed by atoms with Gasteiger partial charge in [-0.25, -0.2) is 9.78 Å². The molecule has 9 heteroatoms. The number of rotatable bonds is 2. The molecule has 0 unspecified atom stereocenters. The maximum absolute atomic E-state index is 13.0. The number of nitrogens with one attached hydrogen (secondary N) is 2. The van der Waals surface area contributed by atoms with Crippen LogP contribution >= 0.6 is 11.3 Å². The van der Waals surface area contributed by atoms with Crippen LogP contribution in [0.4, 0.5) is 4.79 Å². The van der Waals surface area contributed by atoms with Crippen molar-refractivity contribution in [2.75, 3.05) is 6.54 Å². The van der Waals surface area contributed by atoms with Crippen molar-refractivity contribution in [3.8, 4) is 10.4 Å². The molecule has 0 saturated carbocycles. The molecule has 1 aliphatic heterocycles. The van der Waals surface area contributed by atoms with Gasteiger partial charge in [-0.3, -0.25) is 14.8 Å². The zero-order chi connectivity index (χ0) is 21.0. The predicted molar refractivity (Wildman–Crippen MR) is 112 cm³/mol. The van der Waals surface area contributed by atoms with Crippen molar-refractivity contribution in [1.82, 2.24) is 25.1 Å². The number of hydrogen-bond acceptors (Lipinski definition) is 5. The lowest BCUT2D eigenvalue weighted by atomic mass is 9.67. The molecule has 0 aromatic carbocycles. The zero-order valence-corrected chi connectivity index (χ0v) is 17.8. The van der Waals surface area contributed by atoms with Crippen molar-refractivity contribution in [2.24, 2.45) is 5.41 Å². The van der Waals surface area contributed by atoms with Gasteiger partial charge in [-0.05, 0) is 37.7 Å². The Morgan fingerprint density at radius 1 is 1.34 bits per heavy atom. The van der Waals surface area contributed by atoms with E-state index in [1.807, 2.05) is 33.8 Å². The van der Waals surface area contributed by atoms with Crippen LogP contribution < -0.4 is 5.56 Å². The third-order valence-electron chi connectivity index (χ3n) is 5.97. The summed E-state index contributed by atoms with van der Waals surface area (Å²) in [5.74, 6) is 0.429. The Labute approximate surface area is 172 Å². The van der Waals surface area contributed by atoms with Gasteiger partial charge in [0.05, 0.1) is 11.7 Å². The van der Waals surface area contributed by atoms with Crippen LogP contribution in [-0.4, -0.2) is 42.8 Å². The van der Waals surface area contributed by atoms with E-state index in [0.29, 0.717) is 29.0 Å². The first-order valence-corrected chi connectivity index (χ1v) is 10.5. The number of hydrogen-bond donors (Lipinski definition) is 3. The lowest BCUT2D eigenvalue weighted by Crippen LogP contribution is -2.59. The Kier molecular flexibility index (Phi) is 4.53. The number of thiophene rings is 1. The zero-order valence-electron chi connectivity index (χ0n) is 17.0. The number of aryl methyl sites for hydroxylation is 1. The molecule has 8 nitrogen and oxygen atoms in total. The predicted octanol–water partition coefficient (Wildman–Crippen LogP) is 4.09. The highest BCUT2D eigenvalue weighted by Crippen LogP contribution is 2.49. The average molecular weight is 416 g/mol. The Morgan fingerprint density at radius 3 is 2.72 bits per heavy atom. The molecule has 154 valence electrons. The lowest BCUT2D eigenvalue weighted by Gasteiger charge is -2.52. The fourth-order valence-corrected chi connectivity index (χ4v) is 5.54. The molecular weight excluding hydrogens is 390 g/mol. The fourth-order valence-electron chi connectivity index (χ4n) is 4.48. The summed E-state index contributed by atoms with van der Waals surface area (Å²) >= 11 is 1.37. The minimum Gasteiger partial charge on any atom is -0.465 e. The topological polar surface area (TPSA) is 115 Å². The Morgan fingerprint density at radius 2 is 2.10 bits per heavy atom.